The molecule has 0 aliphatic rings. The van der Waals surface area contributed by atoms with E-state index in [4.69, 9.17) is 16.1 Å². The predicted octanol–water partition coefficient (Wildman–Crippen LogP) is 3.83. The van der Waals surface area contributed by atoms with Gasteiger partial charge in [-0.05, 0) is 18.2 Å². The molecular weight excluding hydrogens is 243 g/mol. The zero-order valence-corrected chi connectivity index (χ0v) is 10.5. The SMILES string of the molecule is CC(C)(C)c1noc(-c2ccc(F)c(Cl)c2)n1. The Balaban J connectivity index is 2.40. The molecule has 90 valence electrons. The molecule has 0 amide bonds. The van der Waals surface area contributed by atoms with E-state index in [9.17, 15) is 4.39 Å². The molecule has 17 heavy (non-hydrogen) atoms. The van der Waals surface area contributed by atoms with E-state index in [1.54, 1.807) is 6.07 Å². The molecule has 3 nitrogen and oxygen atoms in total. The highest BCUT2D eigenvalue weighted by molar-refractivity contribution is 6.31. The Kier molecular flexibility index (Phi) is 2.91. The van der Waals surface area contributed by atoms with Gasteiger partial charge in [0.25, 0.3) is 5.89 Å². The van der Waals surface area contributed by atoms with Crippen LogP contribution in [-0.4, -0.2) is 10.1 Å². The topological polar surface area (TPSA) is 38.9 Å². The number of aromatic nitrogens is 2. The highest BCUT2D eigenvalue weighted by atomic mass is 35.5. The fourth-order valence-electron chi connectivity index (χ4n) is 1.27. The lowest BCUT2D eigenvalue weighted by atomic mass is 9.96. The van der Waals surface area contributed by atoms with Gasteiger partial charge in [0.1, 0.15) is 5.82 Å². The van der Waals surface area contributed by atoms with Gasteiger partial charge >= 0.3 is 0 Å². The van der Waals surface area contributed by atoms with Gasteiger partial charge in [-0.3, -0.25) is 0 Å². The maximum Gasteiger partial charge on any atom is 0.257 e. The summed E-state index contributed by atoms with van der Waals surface area (Å²) >= 11 is 5.70. The lowest BCUT2D eigenvalue weighted by molar-refractivity contribution is 0.402. The van der Waals surface area contributed by atoms with Gasteiger partial charge in [0.2, 0.25) is 0 Å². The van der Waals surface area contributed by atoms with E-state index in [0.717, 1.165) is 0 Å². The average Bonchev–Trinajstić information content (AvgIpc) is 2.70. The maximum absolute atomic E-state index is 13.0. The third kappa shape index (κ3) is 2.47. The summed E-state index contributed by atoms with van der Waals surface area (Å²) < 4.78 is 18.1. The predicted molar refractivity (Wildman–Crippen MR) is 63.4 cm³/mol. The van der Waals surface area contributed by atoms with Gasteiger partial charge in [-0.15, -0.1) is 0 Å². The molecule has 0 fully saturated rings. The van der Waals surface area contributed by atoms with Crippen molar-refractivity contribution in [3.05, 3.63) is 34.9 Å². The van der Waals surface area contributed by atoms with E-state index in [1.165, 1.54) is 12.1 Å². The van der Waals surface area contributed by atoms with Crippen LogP contribution in [0, 0.1) is 5.82 Å². The van der Waals surface area contributed by atoms with E-state index in [-0.39, 0.29) is 10.4 Å². The van der Waals surface area contributed by atoms with Crippen LogP contribution in [0.15, 0.2) is 22.7 Å². The van der Waals surface area contributed by atoms with Crippen LogP contribution in [0.25, 0.3) is 11.5 Å². The fourth-order valence-corrected chi connectivity index (χ4v) is 1.46. The summed E-state index contributed by atoms with van der Waals surface area (Å²) in [4.78, 5) is 4.26. The fraction of sp³-hybridized carbons (Fsp3) is 0.333. The van der Waals surface area contributed by atoms with Crippen LogP contribution < -0.4 is 0 Å². The lowest BCUT2D eigenvalue weighted by Crippen LogP contribution is -2.13. The summed E-state index contributed by atoms with van der Waals surface area (Å²) in [5.41, 5.74) is 0.422. The van der Waals surface area contributed by atoms with Gasteiger partial charge in [0, 0.05) is 11.0 Å². The zero-order chi connectivity index (χ0) is 12.6. The molecule has 0 N–H and O–H groups in total. The molecule has 0 atom stereocenters. The molecule has 0 saturated carbocycles. The standard InChI is InChI=1S/C12H12ClFN2O/c1-12(2,3)11-15-10(17-16-11)7-4-5-9(14)8(13)6-7/h4-6H,1-3H3. The first-order chi connectivity index (χ1) is 7.88. The van der Waals surface area contributed by atoms with E-state index in [1.807, 2.05) is 20.8 Å². The van der Waals surface area contributed by atoms with E-state index in [0.29, 0.717) is 17.3 Å². The van der Waals surface area contributed by atoms with Crippen molar-refractivity contribution in [2.24, 2.45) is 0 Å². The number of rotatable bonds is 1. The van der Waals surface area contributed by atoms with Crippen molar-refractivity contribution in [2.45, 2.75) is 26.2 Å². The summed E-state index contributed by atoms with van der Waals surface area (Å²) in [6, 6.07) is 4.30. The van der Waals surface area contributed by atoms with E-state index in [2.05, 4.69) is 10.1 Å². The van der Waals surface area contributed by atoms with Crippen molar-refractivity contribution in [1.82, 2.24) is 10.1 Å². The molecule has 1 aromatic heterocycles. The molecule has 0 radical (unpaired) electrons. The van der Waals surface area contributed by atoms with Crippen molar-refractivity contribution in [2.75, 3.05) is 0 Å². The van der Waals surface area contributed by atoms with Crippen LogP contribution in [0.3, 0.4) is 0 Å². The van der Waals surface area contributed by atoms with Gasteiger partial charge in [-0.25, -0.2) is 4.39 Å². The second kappa shape index (κ2) is 4.11. The summed E-state index contributed by atoms with van der Waals surface area (Å²) in [6.07, 6.45) is 0. The second-order valence-electron chi connectivity index (χ2n) is 4.80. The Morgan fingerprint density at radius 2 is 2.00 bits per heavy atom. The molecule has 0 spiro atoms. The van der Waals surface area contributed by atoms with Crippen molar-refractivity contribution in [3.8, 4) is 11.5 Å². The van der Waals surface area contributed by atoms with Gasteiger partial charge < -0.3 is 4.52 Å². The molecule has 5 heteroatoms. The molecule has 0 saturated heterocycles. The Labute approximate surface area is 104 Å². The molecule has 2 rings (SSSR count). The summed E-state index contributed by atoms with van der Waals surface area (Å²) in [5, 5.41) is 3.93. The number of halogens is 2. The lowest BCUT2D eigenvalue weighted by Gasteiger charge is -2.10. The Hall–Kier alpha value is -1.42. The summed E-state index contributed by atoms with van der Waals surface area (Å²) in [7, 11) is 0. The first-order valence-corrected chi connectivity index (χ1v) is 5.55. The third-order valence-electron chi connectivity index (χ3n) is 2.26. The zero-order valence-electron chi connectivity index (χ0n) is 9.79. The molecule has 2 aromatic rings. The molecule has 0 aliphatic carbocycles. The molecule has 1 aromatic carbocycles. The van der Waals surface area contributed by atoms with Crippen LogP contribution >= 0.6 is 11.6 Å². The van der Waals surface area contributed by atoms with Crippen molar-refractivity contribution in [3.63, 3.8) is 0 Å². The third-order valence-corrected chi connectivity index (χ3v) is 2.55. The monoisotopic (exact) mass is 254 g/mol. The number of benzene rings is 1. The quantitative estimate of drug-likeness (QED) is 0.776. The van der Waals surface area contributed by atoms with Gasteiger partial charge in [0.15, 0.2) is 5.82 Å². The Bertz CT molecular complexity index is 546. The van der Waals surface area contributed by atoms with Crippen LogP contribution in [0.2, 0.25) is 5.02 Å². The minimum Gasteiger partial charge on any atom is -0.334 e. The van der Waals surface area contributed by atoms with Crippen LogP contribution in [0.1, 0.15) is 26.6 Å². The highest BCUT2D eigenvalue weighted by Crippen LogP contribution is 2.26. The number of nitrogens with zero attached hydrogens (tertiary/aromatic N) is 2. The van der Waals surface area contributed by atoms with Crippen LogP contribution in [0.5, 0.6) is 0 Å². The molecule has 0 bridgehead atoms. The second-order valence-corrected chi connectivity index (χ2v) is 5.21. The average molecular weight is 255 g/mol. The summed E-state index contributed by atoms with van der Waals surface area (Å²) in [6.45, 7) is 5.96. The van der Waals surface area contributed by atoms with Crippen LogP contribution in [0.4, 0.5) is 4.39 Å². The number of hydrogen-bond donors (Lipinski definition) is 0. The smallest absolute Gasteiger partial charge is 0.257 e. The molecule has 0 aliphatic heterocycles. The van der Waals surface area contributed by atoms with Gasteiger partial charge in [0.05, 0.1) is 5.02 Å². The molecular formula is C12H12ClFN2O. The van der Waals surface area contributed by atoms with Gasteiger partial charge in [-0.2, -0.15) is 4.98 Å². The first-order valence-electron chi connectivity index (χ1n) is 5.17. The first kappa shape index (κ1) is 12.0. The van der Waals surface area contributed by atoms with Crippen molar-refractivity contribution >= 4 is 11.6 Å². The van der Waals surface area contributed by atoms with Crippen molar-refractivity contribution in [1.29, 1.82) is 0 Å². The molecule has 1 heterocycles. The van der Waals surface area contributed by atoms with Gasteiger partial charge in [-0.1, -0.05) is 37.5 Å². The van der Waals surface area contributed by atoms with Crippen molar-refractivity contribution < 1.29 is 8.91 Å². The minimum absolute atomic E-state index is 0.0398. The maximum atomic E-state index is 13.0. The molecule has 0 unspecified atom stereocenters. The van der Waals surface area contributed by atoms with Crippen LogP contribution in [-0.2, 0) is 5.41 Å². The number of hydrogen-bond acceptors (Lipinski definition) is 3. The minimum atomic E-state index is -0.467. The summed E-state index contributed by atoms with van der Waals surface area (Å²) in [5.74, 6) is 0.482. The highest BCUT2D eigenvalue weighted by Gasteiger charge is 2.21. The Morgan fingerprint density at radius 3 is 2.53 bits per heavy atom. The largest absolute Gasteiger partial charge is 0.334 e. The van der Waals surface area contributed by atoms with E-state index < -0.39 is 5.82 Å². The Morgan fingerprint density at radius 1 is 1.29 bits per heavy atom. The van der Waals surface area contributed by atoms with E-state index >= 15 is 0 Å². The normalized spacial score (nSPS) is 11.8.